The minimum atomic E-state index is -3.12. The molecule has 4 aromatic rings. The summed E-state index contributed by atoms with van der Waals surface area (Å²) in [6.45, 7) is -0.458. The van der Waals surface area contributed by atoms with Crippen LogP contribution in [0.25, 0.3) is 0 Å². The molecule has 0 atom stereocenters. The third kappa shape index (κ3) is 4.18. The Hall–Kier alpha value is -2.48. The number of benzene rings is 4. The summed E-state index contributed by atoms with van der Waals surface area (Å²) >= 11 is 4.46. The van der Waals surface area contributed by atoms with Gasteiger partial charge in [-0.05, 0) is 0 Å². The van der Waals surface area contributed by atoms with Crippen LogP contribution >= 0.6 is 20.8 Å². The Morgan fingerprint density at radius 1 is 0.645 bits per heavy atom. The van der Waals surface area contributed by atoms with Crippen molar-refractivity contribution in [3.05, 3.63) is 121 Å². The van der Waals surface area contributed by atoms with Crippen molar-refractivity contribution in [1.82, 2.24) is 0 Å². The second-order valence-electron chi connectivity index (χ2n) is 7.53. The number of alkyl halides is 1. The van der Waals surface area contributed by atoms with E-state index in [0.717, 1.165) is 11.5 Å². The van der Waals surface area contributed by atoms with Crippen LogP contribution in [0.15, 0.2) is 115 Å². The predicted octanol–water partition coefficient (Wildman–Crippen LogP) is 6.37. The van der Waals surface area contributed by atoms with Gasteiger partial charge in [0.1, 0.15) is 0 Å². The van der Waals surface area contributed by atoms with Crippen LogP contribution in [0.2, 0.25) is 0 Å². The maximum atomic E-state index is 12.8. The van der Waals surface area contributed by atoms with Crippen molar-refractivity contribution < 1.29 is 9.13 Å². The molecule has 1 nitrogen and oxygen atoms in total. The number of hydrogen-bond donors (Lipinski definition) is 0. The molecule has 4 rings (SSSR count). The quantitative estimate of drug-likeness (QED) is 0.258. The summed E-state index contributed by atoms with van der Waals surface area (Å²) in [7, 11) is 0. The summed E-state index contributed by atoms with van der Waals surface area (Å²) in [5, 5.41) is 0.524. The van der Waals surface area contributed by atoms with Crippen molar-refractivity contribution in [3.63, 3.8) is 0 Å². The molecular weight excluding hydrogens is 470 g/mol. The number of hydrogen-bond acceptors (Lipinski definition) is 1. The summed E-state index contributed by atoms with van der Waals surface area (Å²) in [4.78, 5) is 0. The fourth-order valence-corrected chi connectivity index (χ4v) is 11.8. The Kier molecular flexibility index (Phi) is 6.55. The van der Waals surface area contributed by atoms with Gasteiger partial charge < -0.3 is 0 Å². The Balaban J connectivity index is 2.04. The molecule has 0 bridgehead atoms. The van der Waals surface area contributed by atoms with Gasteiger partial charge in [0.15, 0.2) is 0 Å². The molecule has 0 aliphatic heterocycles. The summed E-state index contributed by atoms with van der Waals surface area (Å²) < 4.78 is 18.5. The van der Waals surface area contributed by atoms with Gasteiger partial charge in [-0.3, -0.25) is 0 Å². The van der Waals surface area contributed by atoms with E-state index < -0.39 is 12.0 Å². The van der Waals surface area contributed by atoms with Gasteiger partial charge in [-0.1, -0.05) is 0 Å². The molecule has 0 unspecified atom stereocenters. The first-order valence-electron chi connectivity index (χ1n) is 10.3. The van der Waals surface area contributed by atoms with E-state index in [1.165, 1.54) is 16.2 Å². The van der Waals surface area contributed by atoms with Crippen LogP contribution in [0.4, 0.5) is 4.39 Å². The van der Waals surface area contributed by atoms with Gasteiger partial charge in [0.25, 0.3) is 0 Å². The number of rotatable bonds is 8. The van der Waals surface area contributed by atoms with Crippen LogP contribution in [-0.4, -0.2) is 13.3 Å². The number of ether oxygens (including phenoxy) is 1. The van der Waals surface area contributed by atoms with Crippen LogP contribution in [0, 0.1) is 0 Å². The first-order chi connectivity index (χ1) is 15.1. The van der Waals surface area contributed by atoms with Crippen molar-refractivity contribution in [2.24, 2.45) is 0 Å². The first-order valence-corrected chi connectivity index (χ1v) is 14.8. The Morgan fingerprint density at radius 2 is 1.16 bits per heavy atom. The normalized spacial score (nSPS) is 12.6. The molecule has 0 saturated heterocycles. The maximum absolute atomic E-state index is 12.8. The Labute approximate surface area is 191 Å². The molecule has 0 radical (unpaired) electrons. The fraction of sp³-hybridized carbons (Fsp3) is 0.111. The fourth-order valence-electron chi connectivity index (χ4n) is 4.14. The van der Waals surface area contributed by atoms with Gasteiger partial charge >= 0.3 is 192 Å². The SMILES string of the molecule is FCCOc1cccc(P(Br)(Cc2ccccc2)(c2ccccc2)c2ccccc2)c1. The third-order valence-electron chi connectivity index (χ3n) is 5.61. The standard InChI is InChI=1S/C27H25BrFOP/c28-31(25-14-6-2-7-15-25,26-16-8-3-9-17-26,22-23-11-4-1-5-12-23)27-18-10-13-24(21-27)30-20-19-29/h1-18,21H,19-20,22H2. The summed E-state index contributed by atoms with van der Waals surface area (Å²) in [5.74, 6) is 0.684. The van der Waals surface area contributed by atoms with Crippen molar-refractivity contribution in [3.8, 4) is 5.75 Å². The molecule has 0 saturated carbocycles. The van der Waals surface area contributed by atoms with Gasteiger partial charge in [0.05, 0.1) is 0 Å². The van der Waals surface area contributed by atoms with E-state index in [1.807, 2.05) is 30.3 Å². The van der Waals surface area contributed by atoms with Crippen LogP contribution in [0.5, 0.6) is 5.75 Å². The second-order valence-corrected chi connectivity index (χ2v) is 16.5. The van der Waals surface area contributed by atoms with Crippen LogP contribution in [0.3, 0.4) is 0 Å². The Morgan fingerprint density at radius 3 is 1.71 bits per heavy atom. The van der Waals surface area contributed by atoms with E-state index in [1.54, 1.807) is 0 Å². The van der Waals surface area contributed by atoms with Crippen molar-refractivity contribution in [1.29, 1.82) is 0 Å². The van der Waals surface area contributed by atoms with E-state index in [-0.39, 0.29) is 6.61 Å². The summed E-state index contributed by atoms with van der Waals surface area (Å²) in [5.41, 5.74) is 1.25. The zero-order chi connectivity index (χ0) is 21.6. The van der Waals surface area contributed by atoms with Gasteiger partial charge in [0.2, 0.25) is 0 Å². The molecule has 4 heteroatoms. The van der Waals surface area contributed by atoms with E-state index >= 15 is 0 Å². The molecule has 0 aromatic heterocycles. The molecule has 0 N–H and O–H groups in total. The summed E-state index contributed by atoms with van der Waals surface area (Å²) in [6.07, 6.45) is 0.813. The summed E-state index contributed by atoms with van der Waals surface area (Å²) in [6, 6.07) is 40.0. The molecule has 31 heavy (non-hydrogen) atoms. The van der Waals surface area contributed by atoms with E-state index in [0.29, 0.717) is 5.75 Å². The molecule has 0 fully saturated rings. The minimum absolute atomic E-state index is 0.0526. The first kappa shape index (κ1) is 21.7. The molecule has 158 valence electrons. The van der Waals surface area contributed by atoms with Crippen LogP contribution in [-0.2, 0) is 6.16 Å². The van der Waals surface area contributed by atoms with E-state index in [2.05, 4.69) is 100 Å². The van der Waals surface area contributed by atoms with E-state index in [9.17, 15) is 4.39 Å². The van der Waals surface area contributed by atoms with Crippen molar-refractivity contribution in [2.45, 2.75) is 6.16 Å². The molecule has 4 aromatic carbocycles. The third-order valence-corrected chi connectivity index (χ3v) is 15.1. The topological polar surface area (TPSA) is 9.23 Å². The monoisotopic (exact) mass is 494 g/mol. The van der Waals surface area contributed by atoms with Gasteiger partial charge in [0, 0.05) is 0 Å². The van der Waals surface area contributed by atoms with Crippen molar-refractivity contribution in [2.75, 3.05) is 13.3 Å². The molecule has 0 amide bonds. The van der Waals surface area contributed by atoms with Gasteiger partial charge in [-0.2, -0.15) is 0 Å². The average molecular weight is 495 g/mol. The predicted molar refractivity (Wildman–Crippen MR) is 136 cm³/mol. The van der Waals surface area contributed by atoms with Crippen molar-refractivity contribution >= 4 is 36.7 Å². The number of halogens is 2. The molecule has 0 aliphatic rings. The molecule has 0 aliphatic carbocycles. The molecule has 0 heterocycles. The zero-order valence-corrected chi connectivity index (χ0v) is 19.7. The van der Waals surface area contributed by atoms with Gasteiger partial charge in [-0.25, -0.2) is 0 Å². The van der Waals surface area contributed by atoms with Gasteiger partial charge in [-0.15, -0.1) is 0 Å². The van der Waals surface area contributed by atoms with Crippen LogP contribution < -0.4 is 20.7 Å². The second kappa shape index (κ2) is 9.34. The molecule has 0 spiro atoms. The van der Waals surface area contributed by atoms with E-state index in [4.69, 9.17) is 4.74 Å². The average Bonchev–Trinajstić information content (AvgIpc) is 2.85. The Bertz CT molecular complexity index is 1080. The molecular formula is C27H25BrFOP. The van der Waals surface area contributed by atoms with Crippen LogP contribution in [0.1, 0.15) is 5.56 Å². The zero-order valence-electron chi connectivity index (χ0n) is 17.2.